The molecule has 0 amide bonds. The average Bonchev–Trinajstić information content (AvgIpc) is 2.66. The maximum absolute atomic E-state index is 12.9. The molecule has 0 saturated heterocycles. The van der Waals surface area contributed by atoms with Crippen molar-refractivity contribution < 1.29 is 4.39 Å². The van der Waals surface area contributed by atoms with E-state index in [9.17, 15) is 4.39 Å². The van der Waals surface area contributed by atoms with Crippen LogP contribution in [0.2, 0.25) is 5.02 Å². The largest absolute Gasteiger partial charge is 0.378 e. The van der Waals surface area contributed by atoms with E-state index in [-0.39, 0.29) is 5.02 Å². The van der Waals surface area contributed by atoms with Crippen LogP contribution in [0.1, 0.15) is 10.7 Å². The summed E-state index contributed by atoms with van der Waals surface area (Å²) in [7, 11) is 0. The summed E-state index contributed by atoms with van der Waals surface area (Å²) >= 11 is 7.27. The van der Waals surface area contributed by atoms with Crippen LogP contribution < -0.4 is 5.32 Å². The van der Waals surface area contributed by atoms with Gasteiger partial charge in [0.25, 0.3) is 0 Å². The summed E-state index contributed by atoms with van der Waals surface area (Å²) in [5.74, 6) is -0.405. The Bertz CT molecular complexity index is 498. The average molecular weight is 257 g/mol. The van der Waals surface area contributed by atoms with Gasteiger partial charge in [0.15, 0.2) is 0 Å². The third-order valence-electron chi connectivity index (χ3n) is 2.03. The zero-order valence-corrected chi connectivity index (χ0v) is 10.2. The van der Waals surface area contributed by atoms with E-state index in [0.717, 1.165) is 16.4 Å². The molecular weight excluding hydrogens is 247 g/mol. The molecule has 84 valence electrons. The van der Waals surface area contributed by atoms with Gasteiger partial charge in [-0.25, -0.2) is 9.37 Å². The molecule has 2 aromatic rings. The number of halogens is 2. The first-order valence-electron chi connectivity index (χ1n) is 4.75. The molecule has 1 heterocycles. The monoisotopic (exact) mass is 256 g/mol. The van der Waals surface area contributed by atoms with Crippen molar-refractivity contribution in [3.8, 4) is 0 Å². The second-order valence-electron chi connectivity index (χ2n) is 3.37. The van der Waals surface area contributed by atoms with E-state index < -0.39 is 5.82 Å². The lowest BCUT2D eigenvalue weighted by Crippen LogP contribution is -1.99. The van der Waals surface area contributed by atoms with Gasteiger partial charge in [0, 0.05) is 16.8 Å². The van der Waals surface area contributed by atoms with E-state index in [2.05, 4.69) is 10.3 Å². The molecule has 0 bridgehead atoms. The molecule has 0 atom stereocenters. The number of thiazole rings is 1. The minimum absolute atomic E-state index is 0.125. The Morgan fingerprint density at radius 1 is 1.50 bits per heavy atom. The van der Waals surface area contributed by atoms with Crippen LogP contribution in [0, 0.1) is 12.7 Å². The van der Waals surface area contributed by atoms with E-state index in [1.165, 1.54) is 6.07 Å². The van der Waals surface area contributed by atoms with Crippen LogP contribution in [-0.4, -0.2) is 4.98 Å². The summed E-state index contributed by atoms with van der Waals surface area (Å²) in [6, 6.07) is 4.57. The van der Waals surface area contributed by atoms with Crippen molar-refractivity contribution in [3.05, 3.63) is 45.1 Å². The minimum Gasteiger partial charge on any atom is -0.378 e. The second-order valence-corrected chi connectivity index (χ2v) is 4.71. The molecule has 0 aliphatic carbocycles. The molecule has 0 aliphatic rings. The van der Waals surface area contributed by atoms with Gasteiger partial charge in [0.2, 0.25) is 0 Å². The summed E-state index contributed by atoms with van der Waals surface area (Å²) in [4.78, 5) is 4.31. The maximum atomic E-state index is 12.9. The summed E-state index contributed by atoms with van der Waals surface area (Å²) in [5, 5.41) is 6.26. The van der Waals surface area contributed by atoms with Crippen molar-refractivity contribution in [2.45, 2.75) is 13.5 Å². The van der Waals surface area contributed by atoms with Gasteiger partial charge in [0.05, 0.1) is 11.6 Å². The predicted molar refractivity (Wildman–Crippen MR) is 65.6 cm³/mol. The summed E-state index contributed by atoms with van der Waals surface area (Å²) in [6.07, 6.45) is 0. The SMILES string of the molecule is Cc1csc(CNc2ccc(F)c(Cl)c2)n1. The third-order valence-corrected chi connectivity index (χ3v) is 3.29. The molecule has 16 heavy (non-hydrogen) atoms. The Morgan fingerprint density at radius 2 is 2.31 bits per heavy atom. The quantitative estimate of drug-likeness (QED) is 0.902. The van der Waals surface area contributed by atoms with Crippen molar-refractivity contribution in [3.63, 3.8) is 0 Å². The number of aromatic nitrogens is 1. The molecule has 5 heteroatoms. The highest BCUT2D eigenvalue weighted by atomic mass is 35.5. The first kappa shape index (κ1) is 11.4. The topological polar surface area (TPSA) is 24.9 Å². The van der Waals surface area contributed by atoms with E-state index in [1.54, 1.807) is 23.5 Å². The number of hydrogen-bond acceptors (Lipinski definition) is 3. The Hall–Kier alpha value is -1.13. The molecule has 1 N–H and O–H groups in total. The molecule has 0 aliphatic heterocycles. The van der Waals surface area contributed by atoms with Gasteiger partial charge >= 0.3 is 0 Å². The van der Waals surface area contributed by atoms with Crippen LogP contribution >= 0.6 is 22.9 Å². The number of benzene rings is 1. The molecule has 0 fully saturated rings. The highest BCUT2D eigenvalue weighted by molar-refractivity contribution is 7.09. The Kier molecular flexibility index (Phi) is 3.41. The van der Waals surface area contributed by atoms with Gasteiger partial charge in [-0.3, -0.25) is 0 Å². The molecule has 1 aromatic heterocycles. The second kappa shape index (κ2) is 4.80. The van der Waals surface area contributed by atoms with Crippen LogP contribution in [0.15, 0.2) is 23.6 Å². The van der Waals surface area contributed by atoms with Crippen LogP contribution in [0.25, 0.3) is 0 Å². The Labute approximate surface area is 102 Å². The van der Waals surface area contributed by atoms with Crippen molar-refractivity contribution >= 4 is 28.6 Å². The standard InChI is InChI=1S/C11H10ClFN2S/c1-7-6-16-11(15-7)5-14-8-2-3-10(13)9(12)4-8/h2-4,6,14H,5H2,1H3. The third kappa shape index (κ3) is 2.71. The highest BCUT2D eigenvalue weighted by Gasteiger charge is 2.02. The Morgan fingerprint density at radius 3 is 2.94 bits per heavy atom. The number of nitrogens with one attached hydrogen (secondary N) is 1. The first-order chi connectivity index (χ1) is 7.65. The van der Waals surface area contributed by atoms with Gasteiger partial charge in [0.1, 0.15) is 10.8 Å². The fraction of sp³-hybridized carbons (Fsp3) is 0.182. The summed E-state index contributed by atoms with van der Waals surface area (Å²) < 4.78 is 12.9. The molecule has 0 spiro atoms. The zero-order valence-electron chi connectivity index (χ0n) is 8.63. The number of rotatable bonds is 3. The van der Waals surface area contributed by atoms with E-state index >= 15 is 0 Å². The number of anilines is 1. The predicted octanol–water partition coefficient (Wildman–Crippen LogP) is 3.86. The van der Waals surface area contributed by atoms with Crippen LogP contribution in [0.5, 0.6) is 0 Å². The lowest BCUT2D eigenvalue weighted by molar-refractivity contribution is 0.628. The normalized spacial score (nSPS) is 10.4. The molecular formula is C11H10ClFN2S. The van der Waals surface area contributed by atoms with Gasteiger partial charge in [-0.2, -0.15) is 0 Å². The summed E-state index contributed by atoms with van der Waals surface area (Å²) in [5.41, 5.74) is 1.80. The molecule has 0 saturated carbocycles. The number of aryl methyl sites for hydroxylation is 1. The molecule has 2 nitrogen and oxygen atoms in total. The van der Waals surface area contributed by atoms with Crippen molar-refractivity contribution in [1.82, 2.24) is 4.98 Å². The van der Waals surface area contributed by atoms with Gasteiger partial charge in [-0.05, 0) is 25.1 Å². The van der Waals surface area contributed by atoms with Crippen molar-refractivity contribution in [1.29, 1.82) is 0 Å². The Balaban J connectivity index is 2.02. The smallest absolute Gasteiger partial charge is 0.141 e. The van der Waals surface area contributed by atoms with Crippen molar-refractivity contribution in [2.24, 2.45) is 0 Å². The lowest BCUT2D eigenvalue weighted by atomic mass is 10.3. The van der Waals surface area contributed by atoms with Gasteiger partial charge in [-0.15, -0.1) is 11.3 Å². The van der Waals surface area contributed by atoms with Crippen LogP contribution in [-0.2, 0) is 6.54 Å². The van der Waals surface area contributed by atoms with Gasteiger partial charge < -0.3 is 5.32 Å². The summed E-state index contributed by atoms with van der Waals surface area (Å²) in [6.45, 7) is 2.58. The fourth-order valence-corrected chi connectivity index (χ4v) is 2.16. The van der Waals surface area contributed by atoms with E-state index in [4.69, 9.17) is 11.6 Å². The first-order valence-corrected chi connectivity index (χ1v) is 6.01. The molecule has 0 unspecified atom stereocenters. The minimum atomic E-state index is -0.405. The van der Waals surface area contributed by atoms with Crippen LogP contribution in [0.3, 0.4) is 0 Å². The zero-order chi connectivity index (χ0) is 11.5. The number of hydrogen-bond donors (Lipinski definition) is 1. The van der Waals surface area contributed by atoms with Crippen LogP contribution in [0.4, 0.5) is 10.1 Å². The maximum Gasteiger partial charge on any atom is 0.141 e. The highest BCUT2D eigenvalue weighted by Crippen LogP contribution is 2.20. The lowest BCUT2D eigenvalue weighted by Gasteiger charge is -2.04. The molecule has 1 aromatic carbocycles. The van der Waals surface area contributed by atoms with E-state index in [0.29, 0.717) is 6.54 Å². The van der Waals surface area contributed by atoms with Gasteiger partial charge in [-0.1, -0.05) is 11.6 Å². The van der Waals surface area contributed by atoms with E-state index in [1.807, 2.05) is 12.3 Å². The van der Waals surface area contributed by atoms with Crippen molar-refractivity contribution in [2.75, 3.05) is 5.32 Å². The fourth-order valence-electron chi connectivity index (χ4n) is 1.27. The molecule has 2 rings (SSSR count). The number of nitrogens with zero attached hydrogens (tertiary/aromatic N) is 1. The molecule has 0 radical (unpaired) electrons.